The fourth-order valence-electron chi connectivity index (χ4n) is 4.28. The van der Waals surface area contributed by atoms with Crippen molar-refractivity contribution in [1.29, 1.82) is 0 Å². The van der Waals surface area contributed by atoms with Crippen LogP contribution < -0.4 is 0 Å². The highest BCUT2D eigenvalue weighted by atomic mass is 16.5. The van der Waals surface area contributed by atoms with Crippen LogP contribution in [0.1, 0.15) is 42.5 Å². The molecule has 1 saturated carbocycles. The Balaban J connectivity index is 1.30. The Labute approximate surface area is 170 Å². The van der Waals surface area contributed by atoms with Crippen molar-refractivity contribution in [2.45, 2.75) is 38.1 Å². The number of ether oxygens (including phenoxy) is 1. The average molecular weight is 391 g/mol. The molecule has 2 aliphatic rings. The van der Waals surface area contributed by atoms with Gasteiger partial charge in [-0.25, -0.2) is 0 Å². The van der Waals surface area contributed by atoms with Gasteiger partial charge in [0.05, 0.1) is 5.92 Å². The SMILES string of the molecule is O=C(COC(=O)[C@H]1CC(=O)N(C2CCCC2)C1)c1ccc(-c2ccccc2)cc1. The zero-order chi connectivity index (χ0) is 20.2. The van der Waals surface area contributed by atoms with Crippen LogP contribution >= 0.6 is 0 Å². The van der Waals surface area contributed by atoms with E-state index in [4.69, 9.17) is 4.74 Å². The third-order valence-corrected chi connectivity index (χ3v) is 5.92. The third kappa shape index (κ3) is 4.39. The van der Waals surface area contributed by atoms with Crippen LogP contribution in [-0.2, 0) is 14.3 Å². The number of amides is 1. The molecule has 4 rings (SSSR count). The van der Waals surface area contributed by atoms with Gasteiger partial charge < -0.3 is 9.64 Å². The van der Waals surface area contributed by atoms with Crippen molar-refractivity contribution < 1.29 is 19.1 Å². The number of esters is 1. The van der Waals surface area contributed by atoms with Gasteiger partial charge >= 0.3 is 5.97 Å². The van der Waals surface area contributed by atoms with Crippen LogP contribution in [0.2, 0.25) is 0 Å². The molecular weight excluding hydrogens is 366 g/mol. The molecule has 0 bridgehead atoms. The molecule has 2 aromatic carbocycles. The Morgan fingerprint density at radius 3 is 2.28 bits per heavy atom. The maximum Gasteiger partial charge on any atom is 0.311 e. The summed E-state index contributed by atoms with van der Waals surface area (Å²) in [5.41, 5.74) is 2.61. The summed E-state index contributed by atoms with van der Waals surface area (Å²) in [5.74, 6) is -1.12. The van der Waals surface area contributed by atoms with Crippen LogP contribution in [0.15, 0.2) is 54.6 Å². The zero-order valence-corrected chi connectivity index (χ0v) is 16.4. The molecule has 2 fully saturated rings. The van der Waals surface area contributed by atoms with Gasteiger partial charge in [0, 0.05) is 24.6 Å². The second-order valence-electron chi connectivity index (χ2n) is 7.86. The van der Waals surface area contributed by atoms with E-state index in [0.717, 1.165) is 36.8 Å². The molecule has 1 saturated heterocycles. The highest BCUT2D eigenvalue weighted by Gasteiger charge is 2.39. The lowest BCUT2D eigenvalue weighted by Crippen LogP contribution is -2.35. The predicted molar refractivity (Wildman–Crippen MR) is 109 cm³/mol. The summed E-state index contributed by atoms with van der Waals surface area (Å²) in [6.07, 6.45) is 4.51. The first-order valence-corrected chi connectivity index (χ1v) is 10.3. The van der Waals surface area contributed by atoms with Crippen molar-refractivity contribution in [3.8, 4) is 11.1 Å². The average Bonchev–Trinajstić information content (AvgIpc) is 3.42. The number of benzene rings is 2. The normalized spacial score (nSPS) is 19.5. The Kier molecular flexibility index (Phi) is 5.74. The van der Waals surface area contributed by atoms with Gasteiger partial charge in [-0.15, -0.1) is 0 Å². The van der Waals surface area contributed by atoms with E-state index in [0.29, 0.717) is 12.1 Å². The van der Waals surface area contributed by atoms with Gasteiger partial charge in [0.1, 0.15) is 0 Å². The van der Waals surface area contributed by atoms with E-state index in [1.165, 1.54) is 0 Å². The highest BCUT2D eigenvalue weighted by Crippen LogP contribution is 2.30. The summed E-state index contributed by atoms with van der Waals surface area (Å²) in [7, 11) is 0. The smallest absolute Gasteiger partial charge is 0.311 e. The molecule has 0 spiro atoms. The molecule has 29 heavy (non-hydrogen) atoms. The first kappa shape index (κ1) is 19.4. The number of nitrogens with zero attached hydrogens (tertiary/aromatic N) is 1. The first-order chi connectivity index (χ1) is 14.1. The molecule has 0 unspecified atom stereocenters. The predicted octanol–water partition coefficient (Wildman–Crippen LogP) is 3.87. The number of hydrogen-bond acceptors (Lipinski definition) is 4. The Bertz CT molecular complexity index is 885. The Hall–Kier alpha value is -2.95. The fourth-order valence-corrected chi connectivity index (χ4v) is 4.28. The second kappa shape index (κ2) is 8.60. The van der Waals surface area contributed by atoms with Crippen molar-refractivity contribution >= 4 is 17.7 Å². The molecular formula is C24H25NO4. The number of Topliss-reactive ketones (excluding diaryl/α,β-unsaturated/α-hetero) is 1. The molecule has 5 heteroatoms. The van der Waals surface area contributed by atoms with E-state index in [9.17, 15) is 14.4 Å². The lowest BCUT2D eigenvalue weighted by atomic mass is 10.0. The topological polar surface area (TPSA) is 63.7 Å². The van der Waals surface area contributed by atoms with Crippen molar-refractivity contribution in [2.75, 3.05) is 13.2 Å². The summed E-state index contributed by atoms with van der Waals surface area (Å²) < 4.78 is 5.25. The van der Waals surface area contributed by atoms with Crippen LogP contribution in [0.3, 0.4) is 0 Å². The number of carbonyl (C=O) groups is 3. The van der Waals surface area contributed by atoms with Crippen molar-refractivity contribution in [3.05, 3.63) is 60.2 Å². The minimum absolute atomic E-state index is 0.0293. The van der Waals surface area contributed by atoms with Gasteiger partial charge in [0.15, 0.2) is 12.4 Å². The number of hydrogen-bond donors (Lipinski definition) is 0. The van der Waals surface area contributed by atoms with E-state index in [2.05, 4.69) is 0 Å². The van der Waals surface area contributed by atoms with Gasteiger partial charge in [-0.3, -0.25) is 14.4 Å². The first-order valence-electron chi connectivity index (χ1n) is 10.3. The van der Waals surface area contributed by atoms with Crippen LogP contribution in [0.5, 0.6) is 0 Å². The molecule has 5 nitrogen and oxygen atoms in total. The largest absolute Gasteiger partial charge is 0.457 e. The van der Waals surface area contributed by atoms with Gasteiger partial charge in [0.2, 0.25) is 5.91 Å². The van der Waals surface area contributed by atoms with Crippen LogP contribution in [0.4, 0.5) is 0 Å². The number of carbonyl (C=O) groups excluding carboxylic acids is 3. The summed E-state index contributed by atoms with van der Waals surface area (Å²) in [5, 5.41) is 0. The van der Waals surface area contributed by atoms with Crippen molar-refractivity contribution in [3.63, 3.8) is 0 Å². The quantitative estimate of drug-likeness (QED) is 0.554. The summed E-state index contributed by atoms with van der Waals surface area (Å²) in [6, 6.07) is 17.5. The summed E-state index contributed by atoms with van der Waals surface area (Å²) >= 11 is 0. The maximum absolute atomic E-state index is 12.4. The minimum Gasteiger partial charge on any atom is -0.457 e. The van der Waals surface area contributed by atoms with Crippen LogP contribution in [0, 0.1) is 5.92 Å². The number of ketones is 1. The molecule has 1 atom stereocenters. The van der Waals surface area contributed by atoms with Gasteiger partial charge in [-0.05, 0) is 24.0 Å². The standard InChI is InChI=1S/C24H25NO4/c26-22(19-12-10-18(11-13-19)17-6-2-1-3-7-17)16-29-24(28)20-14-23(27)25(15-20)21-8-4-5-9-21/h1-3,6-7,10-13,20-21H,4-5,8-9,14-16H2/t20-/m0/s1. The minimum atomic E-state index is -0.462. The van der Waals surface area contributed by atoms with Gasteiger partial charge in [-0.1, -0.05) is 67.4 Å². The molecule has 150 valence electrons. The van der Waals surface area contributed by atoms with Crippen molar-refractivity contribution in [2.24, 2.45) is 5.92 Å². The van der Waals surface area contributed by atoms with Crippen molar-refractivity contribution in [1.82, 2.24) is 4.90 Å². The molecule has 1 aliphatic heterocycles. The molecule has 0 aromatic heterocycles. The van der Waals surface area contributed by atoms with Gasteiger partial charge in [-0.2, -0.15) is 0 Å². The highest BCUT2D eigenvalue weighted by molar-refractivity contribution is 5.98. The van der Waals surface area contributed by atoms with E-state index >= 15 is 0 Å². The monoisotopic (exact) mass is 391 g/mol. The molecule has 0 radical (unpaired) electrons. The fraction of sp³-hybridized carbons (Fsp3) is 0.375. The second-order valence-corrected chi connectivity index (χ2v) is 7.86. The van der Waals surface area contributed by atoms with Crippen LogP contribution in [-0.4, -0.2) is 41.8 Å². The Morgan fingerprint density at radius 2 is 1.59 bits per heavy atom. The van der Waals surface area contributed by atoms with E-state index in [1.807, 2.05) is 47.4 Å². The van der Waals surface area contributed by atoms with E-state index < -0.39 is 11.9 Å². The van der Waals surface area contributed by atoms with Gasteiger partial charge in [0.25, 0.3) is 0 Å². The third-order valence-electron chi connectivity index (χ3n) is 5.92. The maximum atomic E-state index is 12.4. The Morgan fingerprint density at radius 1 is 0.931 bits per heavy atom. The molecule has 1 amide bonds. The number of likely N-dealkylation sites (tertiary alicyclic amines) is 1. The lowest BCUT2D eigenvalue weighted by Gasteiger charge is -2.23. The zero-order valence-electron chi connectivity index (χ0n) is 16.4. The van der Waals surface area contributed by atoms with Crippen LogP contribution in [0.25, 0.3) is 11.1 Å². The molecule has 2 aromatic rings. The molecule has 0 N–H and O–H groups in total. The number of rotatable bonds is 6. The molecule has 1 aliphatic carbocycles. The van der Waals surface area contributed by atoms with E-state index in [-0.39, 0.29) is 30.8 Å². The summed E-state index contributed by atoms with van der Waals surface area (Å²) in [6.45, 7) is 0.125. The summed E-state index contributed by atoms with van der Waals surface area (Å²) in [4.78, 5) is 38.8. The van der Waals surface area contributed by atoms with E-state index in [1.54, 1.807) is 12.1 Å². The lowest BCUT2D eigenvalue weighted by molar-refractivity contribution is -0.147. The molecule has 1 heterocycles.